The first-order valence-electron chi connectivity index (χ1n) is 7.66. The number of aromatic nitrogens is 2. The molecule has 0 radical (unpaired) electrons. The van der Waals surface area contributed by atoms with Gasteiger partial charge in [-0.25, -0.2) is 0 Å². The third kappa shape index (κ3) is 3.87. The summed E-state index contributed by atoms with van der Waals surface area (Å²) in [6.45, 7) is 1.25. The van der Waals surface area contributed by atoms with Gasteiger partial charge in [-0.15, -0.1) is 11.3 Å². The molecular formula is C17H17N3O3S2. The number of amides is 1. The van der Waals surface area contributed by atoms with Crippen LogP contribution in [0.3, 0.4) is 0 Å². The van der Waals surface area contributed by atoms with E-state index in [0.29, 0.717) is 40.9 Å². The van der Waals surface area contributed by atoms with Crippen molar-refractivity contribution in [1.82, 2.24) is 14.9 Å². The van der Waals surface area contributed by atoms with E-state index in [1.165, 1.54) is 4.57 Å². The van der Waals surface area contributed by atoms with Gasteiger partial charge in [0.15, 0.2) is 4.77 Å². The van der Waals surface area contributed by atoms with Crippen molar-refractivity contribution in [3.8, 4) is 0 Å². The normalized spacial score (nSPS) is 10.9. The molecule has 0 spiro atoms. The minimum atomic E-state index is -0.196. The summed E-state index contributed by atoms with van der Waals surface area (Å²) in [5, 5.41) is 5.32. The molecule has 25 heavy (non-hydrogen) atoms. The number of benzene rings is 1. The van der Waals surface area contributed by atoms with E-state index in [1.54, 1.807) is 36.6 Å². The van der Waals surface area contributed by atoms with Crippen molar-refractivity contribution >= 4 is 40.4 Å². The minimum Gasteiger partial charge on any atom is -0.383 e. The van der Waals surface area contributed by atoms with Gasteiger partial charge in [0.2, 0.25) is 0 Å². The Balaban J connectivity index is 1.88. The lowest BCUT2D eigenvalue weighted by Crippen LogP contribution is -2.25. The first-order chi connectivity index (χ1) is 12.1. The fourth-order valence-electron chi connectivity index (χ4n) is 2.46. The van der Waals surface area contributed by atoms with Gasteiger partial charge in [-0.2, -0.15) is 0 Å². The molecule has 0 unspecified atom stereocenters. The van der Waals surface area contributed by atoms with E-state index in [2.05, 4.69) is 10.3 Å². The summed E-state index contributed by atoms with van der Waals surface area (Å²) in [7, 11) is 1.57. The van der Waals surface area contributed by atoms with Gasteiger partial charge >= 0.3 is 0 Å². The zero-order chi connectivity index (χ0) is 17.8. The minimum absolute atomic E-state index is 0.193. The Kier molecular flexibility index (Phi) is 5.42. The Morgan fingerprint density at radius 1 is 1.40 bits per heavy atom. The van der Waals surface area contributed by atoms with Crippen LogP contribution in [0, 0.1) is 4.77 Å². The highest BCUT2D eigenvalue weighted by molar-refractivity contribution is 7.71. The van der Waals surface area contributed by atoms with Gasteiger partial charge in [0.05, 0.1) is 30.6 Å². The summed E-state index contributed by atoms with van der Waals surface area (Å²) in [6, 6.07) is 8.84. The van der Waals surface area contributed by atoms with Crippen molar-refractivity contribution in [2.75, 3.05) is 13.7 Å². The number of aromatic amines is 1. The van der Waals surface area contributed by atoms with E-state index < -0.39 is 0 Å². The second kappa shape index (κ2) is 7.73. The second-order valence-corrected chi connectivity index (χ2v) is 6.82. The van der Waals surface area contributed by atoms with Gasteiger partial charge in [0.1, 0.15) is 0 Å². The molecule has 0 aliphatic carbocycles. The number of hydrogen-bond donors (Lipinski definition) is 2. The third-order valence-corrected chi connectivity index (χ3v) is 4.97. The van der Waals surface area contributed by atoms with E-state index in [0.717, 1.165) is 4.88 Å². The van der Waals surface area contributed by atoms with E-state index in [4.69, 9.17) is 17.0 Å². The number of ether oxygens (including phenoxy) is 1. The topological polar surface area (TPSA) is 76.1 Å². The average Bonchev–Trinajstić information content (AvgIpc) is 3.12. The molecule has 0 saturated heterocycles. The van der Waals surface area contributed by atoms with Gasteiger partial charge in [0, 0.05) is 17.6 Å². The number of H-pyrrole nitrogens is 1. The molecule has 3 rings (SSSR count). The molecule has 8 heteroatoms. The van der Waals surface area contributed by atoms with E-state index in [-0.39, 0.29) is 11.5 Å². The van der Waals surface area contributed by atoms with E-state index >= 15 is 0 Å². The third-order valence-electron chi connectivity index (χ3n) is 3.77. The first kappa shape index (κ1) is 17.5. The van der Waals surface area contributed by atoms with Crippen LogP contribution in [0.15, 0.2) is 40.5 Å². The molecule has 0 bridgehead atoms. The maximum Gasteiger partial charge on any atom is 0.262 e. The van der Waals surface area contributed by atoms with Crippen molar-refractivity contribution in [3.05, 3.63) is 61.3 Å². The van der Waals surface area contributed by atoms with Crippen LogP contribution in [-0.2, 0) is 17.8 Å². The average molecular weight is 375 g/mol. The zero-order valence-corrected chi connectivity index (χ0v) is 15.2. The Morgan fingerprint density at radius 2 is 2.24 bits per heavy atom. The molecule has 1 amide bonds. The van der Waals surface area contributed by atoms with Gasteiger partial charge in [0.25, 0.3) is 11.5 Å². The summed E-state index contributed by atoms with van der Waals surface area (Å²) in [5.74, 6) is -0.196. The van der Waals surface area contributed by atoms with Gasteiger partial charge in [-0.05, 0) is 41.9 Å². The molecular weight excluding hydrogens is 358 g/mol. The van der Waals surface area contributed by atoms with Crippen molar-refractivity contribution in [3.63, 3.8) is 0 Å². The van der Waals surface area contributed by atoms with Crippen molar-refractivity contribution in [2.24, 2.45) is 0 Å². The molecule has 0 fully saturated rings. The van der Waals surface area contributed by atoms with Crippen LogP contribution in [0.1, 0.15) is 15.2 Å². The highest BCUT2D eigenvalue weighted by Crippen LogP contribution is 2.12. The van der Waals surface area contributed by atoms with Gasteiger partial charge < -0.3 is 15.0 Å². The van der Waals surface area contributed by atoms with Gasteiger partial charge in [-0.1, -0.05) is 6.07 Å². The second-order valence-electron chi connectivity index (χ2n) is 5.40. The Bertz CT molecular complexity index is 1010. The Labute approximate surface area is 153 Å². The van der Waals surface area contributed by atoms with Crippen LogP contribution < -0.4 is 10.9 Å². The number of carbonyl (C=O) groups excluding carboxylic acids is 1. The molecule has 3 aromatic rings. The number of thiophene rings is 1. The zero-order valence-electron chi connectivity index (χ0n) is 13.6. The van der Waals surface area contributed by atoms with Gasteiger partial charge in [-0.3, -0.25) is 14.2 Å². The molecule has 0 atom stereocenters. The predicted octanol–water partition coefficient (Wildman–Crippen LogP) is 2.70. The molecule has 0 aliphatic heterocycles. The van der Waals surface area contributed by atoms with E-state index in [9.17, 15) is 9.59 Å². The lowest BCUT2D eigenvalue weighted by molar-refractivity contribution is 0.0951. The number of hydrogen-bond acceptors (Lipinski definition) is 5. The summed E-state index contributed by atoms with van der Waals surface area (Å²) < 4.78 is 6.77. The van der Waals surface area contributed by atoms with Crippen LogP contribution in [0.2, 0.25) is 0 Å². The number of fused-ring (bicyclic) bond motifs is 1. The Morgan fingerprint density at radius 3 is 2.96 bits per heavy atom. The molecule has 130 valence electrons. The summed E-state index contributed by atoms with van der Waals surface area (Å²) >= 11 is 6.83. The maximum atomic E-state index is 12.5. The molecule has 0 aliphatic rings. The van der Waals surface area contributed by atoms with Crippen molar-refractivity contribution in [1.29, 1.82) is 0 Å². The highest BCUT2D eigenvalue weighted by atomic mass is 32.1. The summed E-state index contributed by atoms with van der Waals surface area (Å²) in [5.41, 5.74) is 0.831. The largest absolute Gasteiger partial charge is 0.383 e. The lowest BCUT2D eigenvalue weighted by Gasteiger charge is -2.09. The molecule has 6 nitrogen and oxygen atoms in total. The Hall–Kier alpha value is -2.29. The van der Waals surface area contributed by atoms with Crippen LogP contribution in [0.4, 0.5) is 0 Å². The molecule has 2 N–H and O–H groups in total. The van der Waals surface area contributed by atoms with Crippen LogP contribution in [0.5, 0.6) is 0 Å². The molecule has 2 heterocycles. The fourth-order valence-corrected chi connectivity index (χ4v) is 3.39. The first-order valence-corrected chi connectivity index (χ1v) is 8.95. The number of nitrogens with one attached hydrogen (secondary N) is 2. The standard InChI is InChI=1S/C17H17N3O3S2/c1-23-7-6-20-16(22)13-5-4-11(9-14(13)19-17(20)24)15(21)18-10-12-3-2-8-25-12/h2-5,8-9H,6-7,10H2,1H3,(H,18,21)(H,19,24). The monoisotopic (exact) mass is 375 g/mol. The van der Waals surface area contributed by atoms with Crippen LogP contribution >= 0.6 is 23.6 Å². The smallest absolute Gasteiger partial charge is 0.262 e. The number of nitrogens with zero attached hydrogens (tertiary/aromatic N) is 1. The van der Waals surface area contributed by atoms with Crippen LogP contribution in [-0.4, -0.2) is 29.2 Å². The fraction of sp³-hybridized carbons (Fsp3) is 0.235. The highest BCUT2D eigenvalue weighted by Gasteiger charge is 2.10. The molecule has 1 aromatic carbocycles. The number of methoxy groups -OCH3 is 1. The number of carbonyl (C=O) groups is 1. The number of rotatable bonds is 6. The van der Waals surface area contributed by atoms with Crippen LogP contribution in [0.25, 0.3) is 10.9 Å². The quantitative estimate of drug-likeness (QED) is 0.650. The van der Waals surface area contributed by atoms with E-state index in [1.807, 2.05) is 17.5 Å². The maximum absolute atomic E-state index is 12.5. The van der Waals surface area contributed by atoms with Crippen molar-refractivity contribution in [2.45, 2.75) is 13.1 Å². The predicted molar refractivity (Wildman–Crippen MR) is 101 cm³/mol. The SMILES string of the molecule is COCCn1c(=S)[nH]c2cc(C(=O)NCc3cccs3)ccc2c1=O. The summed E-state index contributed by atoms with van der Waals surface area (Å²) in [4.78, 5) is 28.9. The lowest BCUT2D eigenvalue weighted by atomic mass is 10.1. The van der Waals surface area contributed by atoms with Crippen molar-refractivity contribution < 1.29 is 9.53 Å². The molecule has 2 aromatic heterocycles. The summed E-state index contributed by atoms with van der Waals surface area (Å²) in [6.07, 6.45) is 0. The molecule has 0 saturated carbocycles.